The average molecular weight is 292 g/mol. The quantitative estimate of drug-likeness (QED) is 0.682. The first kappa shape index (κ1) is 15.0. The average Bonchev–Trinajstić information content (AvgIpc) is 2.86. The SMILES string of the molecule is COc1cc(N)ccc1NC(=O)CCCN1CCNC1=O. The fourth-order valence-electron chi connectivity index (χ4n) is 2.18. The summed E-state index contributed by atoms with van der Waals surface area (Å²) >= 11 is 0. The van der Waals surface area contributed by atoms with Crippen LogP contribution >= 0.6 is 0 Å². The van der Waals surface area contributed by atoms with E-state index in [2.05, 4.69) is 10.6 Å². The number of ether oxygens (including phenoxy) is 1. The van der Waals surface area contributed by atoms with Gasteiger partial charge in [0.25, 0.3) is 0 Å². The highest BCUT2D eigenvalue weighted by Gasteiger charge is 2.18. The molecule has 114 valence electrons. The van der Waals surface area contributed by atoms with Crippen LogP contribution < -0.4 is 21.1 Å². The van der Waals surface area contributed by atoms with Gasteiger partial charge >= 0.3 is 6.03 Å². The van der Waals surface area contributed by atoms with Crippen molar-refractivity contribution in [2.45, 2.75) is 12.8 Å². The fraction of sp³-hybridized carbons (Fsp3) is 0.429. The highest BCUT2D eigenvalue weighted by atomic mass is 16.5. The molecule has 1 aromatic carbocycles. The Labute approximate surface area is 123 Å². The van der Waals surface area contributed by atoms with Crippen molar-refractivity contribution in [3.05, 3.63) is 18.2 Å². The van der Waals surface area contributed by atoms with Gasteiger partial charge in [-0.15, -0.1) is 0 Å². The summed E-state index contributed by atoms with van der Waals surface area (Å²) in [6.07, 6.45) is 0.966. The van der Waals surface area contributed by atoms with E-state index in [4.69, 9.17) is 10.5 Å². The molecule has 7 heteroatoms. The van der Waals surface area contributed by atoms with Gasteiger partial charge in [0, 0.05) is 37.8 Å². The number of hydrogen-bond donors (Lipinski definition) is 3. The summed E-state index contributed by atoms with van der Waals surface area (Å²) in [6, 6.07) is 5.01. The van der Waals surface area contributed by atoms with Crippen molar-refractivity contribution < 1.29 is 14.3 Å². The molecule has 0 spiro atoms. The van der Waals surface area contributed by atoms with Crippen molar-refractivity contribution >= 4 is 23.3 Å². The molecule has 1 aliphatic rings. The number of amides is 3. The molecule has 0 atom stereocenters. The lowest BCUT2D eigenvalue weighted by Crippen LogP contribution is -2.29. The minimum atomic E-state index is -0.113. The zero-order valence-electron chi connectivity index (χ0n) is 12.0. The number of carbonyl (C=O) groups excluding carboxylic acids is 2. The number of hydrogen-bond acceptors (Lipinski definition) is 4. The largest absolute Gasteiger partial charge is 0.494 e. The lowest BCUT2D eigenvalue weighted by atomic mass is 10.2. The minimum Gasteiger partial charge on any atom is -0.494 e. The van der Waals surface area contributed by atoms with Crippen LogP contribution in [0.5, 0.6) is 5.75 Å². The van der Waals surface area contributed by atoms with E-state index in [0.29, 0.717) is 49.6 Å². The maximum absolute atomic E-state index is 11.9. The smallest absolute Gasteiger partial charge is 0.317 e. The molecule has 0 radical (unpaired) electrons. The highest BCUT2D eigenvalue weighted by Crippen LogP contribution is 2.26. The number of nitrogen functional groups attached to an aromatic ring is 1. The molecule has 1 heterocycles. The van der Waals surface area contributed by atoms with E-state index in [1.165, 1.54) is 7.11 Å². The minimum absolute atomic E-state index is 0.0596. The van der Waals surface area contributed by atoms with Gasteiger partial charge in [-0.2, -0.15) is 0 Å². The first-order valence-electron chi connectivity index (χ1n) is 6.86. The molecule has 2 rings (SSSR count). The molecule has 4 N–H and O–H groups in total. The molecule has 7 nitrogen and oxygen atoms in total. The summed E-state index contributed by atoms with van der Waals surface area (Å²) in [4.78, 5) is 25.0. The lowest BCUT2D eigenvalue weighted by molar-refractivity contribution is -0.116. The van der Waals surface area contributed by atoms with E-state index >= 15 is 0 Å². The number of urea groups is 1. The second-order valence-electron chi connectivity index (χ2n) is 4.83. The third-order valence-corrected chi connectivity index (χ3v) is 3.28. The van der Waals surface area contributed by atoms with Gasteiger partial charge in [0.15, 0.2) is 0 Å². The van der Waals surface area contributed by atoms with Gasteiger partial charge < -0.3 is 26.0 Å². The Morgan fingerprint density at radius 1 is 1.52 bits per heavy atom. The summed E-state index contributed by atoms with van der Waals surface area (Å²) in [7, 11) is 1.52. The van der Waals surface area contributed by atoms with Gasteiger partial charge in [0.05, 0.1) is 12.8 Å². The first-order valence-corrected chi connectivity index (χ1v) is 6.86. The van der Waals surface area contributed by atoms with Crippen LogP contribution in [0.3, 0.4) is 0 Å². The van der Waals surface area contributed by atoms with Crippen molar-refractivity contribution in [3.8, 4) is 5.75 Å². The predicted octanol–water partition coefficient (Wildman–Crippen LogP) is 1.02. The predicted molar refractivity (Wildman–Crippen MR) is 80.2 cm³/mol. The molecule has 0 unspecified atom stereocenters. The monoisotopic (exact) mass is 292 g/mol. The topological polar surface area (TPSA) is 96.7 Å². The molecular formula is C14H20N4O3. The zero-order valence-corrected chi connectivity index (χ0v) is 12.0. The Hall–Kier alpha value is -2.44. The van der Waals surface area contributed by atoms with Crippen molar-refractivity contribution in [2.24, 2.45) is 0 Å². The molecule has 0 aliphatic carbocycles. The molecule has 1 saturated heterocycles. The van der Waals surface area contributed by atoms with Crippen LogP contribution in [0.2, 0.25) is 0 Å². The second-order valence-corrected chi connectivity index (χ2v) is 4.83. The first-order chi connectivity index (χ1) is 10.1. The molecule has 1 fully saturated rings. The van der Waals surface area contributed by atoms with Gasteiger partial charge in [-0.1, -0.05) is 0 Å². The number of carbonyl (C=O) groups is 2. The van der Waals surface area contributed by atoms with Crippen LogP contribution in [0.15, 0.2) is 18.2 Å². The van der Waals surface area contributed by atoms with E-state index in [-0.39, 0.29) is 11.9 Å². The third kappa shape index (κ3) is 4.01. The summed E-state index contributed by atoms with van der Waals surface area (Å²) < 4.78 is 5.17. The van der Waals surface area contributed by atoms with Crippen LogP contribution in [0, 0.1) is 0 Å². The van der Waals surface area contributed by atoms with Crippen LogP contribution in [-0.4, -0.2) is 43.6 Å². The van der Waals surface area contributed by atoms with Crippen LogP contribution in [0.1, 0.15) is 12.8 Å². The van der Waals surface area contributed by atoms with E-state index in [0.717, 1.165) is 0 Å². The Bertz CT molecular complexity index is 533. The zero-order chi connectivity index (χ0) is 15.2. The standard InChI is InChI=1S/C14H20N4O3/c1-21-12-9-10(15)4-5-11(12)17-13(19)3-2-7-18-8-6-16-14(18)20/h4-5,9H,2-3,6-8,15H2,1H3,(H,16,20)(H,17,19). The summed E-state index contributed by atoms with van der Waals surface area (Å²) in [5.41, 5.74) is 6.83. The van der Waals surface area contributed by atoms with Crippen molar-refractivity contribution in [1.82, 2.24) is 10.2 Å². The molecule has 0 saturated carbocycles. The Kier molecular flexibility index (Phi) is 4.86. The summed E-state index contributed by atoms with van der Waals surface area (Å²) in [5, 5.41) is 5.51. The van der Waals surface area contributed by atoms with E-state index < -0.39 is 0 Å². The van der Waals surface area contributed by atoms with E-state index in [1.54, 1.807) is 23.1 Å². The molecule has 1 aromatic rings. The highest BCUT2D eigenvalue weighted by molar-refractivity contribution is 5.92. The Balaban J connectivity index is 1.80. The third-order valence-electron chi connectivity index (χ3n) is 3.28. The van der Waals surface area contributed by atoms with Gasteiger partial charge in [0.1, 0.15) is 5.75 Å². The molecule has 0 aromatic heterocycles. The number of anilines is 2. The second kappa shape index (κ2) is 6.83. The number of nitrogens with one attached hydrogen (secondary N) is 2. The number of rotatable bonds is 6. The molecular weight excluding hydrogens is 272 g/mol. The van der Waals surface area contributed by atoms with E-state index in [1.807, 2.05) is 0 Å². The number of nitrogens with two attached hydrogens (primary N) is 1. The molecule has 21 heavy (non-hydrogen) atoms. The van der Waals surface area contributed by atoms with Crippen LogP contribution in [0.4, 0.5) is 16.2 Å². The summed E-state index contributed by atoms with van der Waals surface area (Å²) in [6.45, 7) is 1.96. The van der Waals surface area contributed by atoms with Crippen molar-refractivity contribution in [1.29, 1.82) is 0 Å². The van der Waals surface area contributed by atoms with Crippen LogP contribution in [0.25, 0.3) is 0 Å². The molecule has 0 bridgehead atoms. The van der Waals surface area contributed by atoms with E-state index in [9.17, 15) is 9.59 Å². The molecule has 1 aliphatic heterocycles. The van der Waals surface area contributed by atoms with Gasteiger partial charge in [-0.05, 0) is 18.6 Å². The number of methoxy groups -OCH3 is 1. The normalized spacial score (nSPS) is 14.0. The lowest BCUT2D eigenvalue weighted by Gasteiger charge is -2.14. The Morgan fingerprint density at radius 2 is 2.33 bits per heavy atom. The van der Waals surface area contributed by atoms with Gasteiger partial charge in [-0.25, -0.2) is 4.79 Å². The fourth-order valence-corrected chi connectivity index (χ4v) is 2.18. The van der Waals surface area contributed by atoms with Crippen LogP contribution in [-0.2, 0) is 4.79 Å². The maximum Gasteiger partial charge on any atom is 0.317 e. The number of benzene rings is 1. The Morgan fingerprint density at radius 3 is 3.00 bits per heavy atom. The van der Waals surface area contributed by atoms with Gasteiger partial charge in [0.2, 0.25) is 5.91 Å². The molecule has 3 amide bonds. The summed E-state index contributed by atoms with van der Waals surface area (Å²) in [5.74, 6) is 0.417. The maximum atomic E-state index is 11.9. The van der Waals surface area contributed by atoms with Crippen molar-refractivity contribution in [2.75, 3.05) is 37.8 Å². The van der Waals surface area contributed by atoms with Crippen molar-refractivity contribution in [3.63, 3.8) is 0 Å². The van der Waals surface area contributed by atoms with Gasteiger partial charge in [-0.3, -0.25) is 4.79 Å². The number of nitrogens with zero attached hydrogens (tertiary/aromatic N) is 1.